The molecule has 126 valence electrons. The molecule has 1 aromatic rings. The first-order chi connectivity index (χ1) is 11.4. The molecule has 1 saturated carbocycles. The van der Waals surface area contributed by atoms with Gasteiger partial charge in [-0.15, -0.1) is 0 Å². The fourth-order valence-electron chi connectivity index (χ4n) is 2.21. The van der Waals surface area contributed by atoms with Crippen molar-refractivity contribution in [1.82, 2.24) is 5.32 Å². The minimum atomic E-state index is -0.912. The maximum absolute atomic E-state index is 11.8. The van der Waals surface area contributed by atoms with E-state index in [-0.39, 0.29) is 5.92 Å². The number of nitrogens with zero attached hydrogens (tertiary/aromatic N) is 1. The van der Waals surface area contributed by atoms with Gasteiger partial charge in [0.15, 0.2) is 6.61 Å². The van der Waals surface area contributed by atoms with Crippen molar-refractivity contribution in [1.29, 1.82) is 5.26 Å². The van der Waals surface area contributed by atoms with E-state index in [9.17, 15) is 14.9 Å². The maximum atomic E-state index is 11.8. The lowest BCUT2D eigenvalue weighted by Gasteiger charge is -2.22. The average Bonchev–Trinajstić information content (AvgIpc) is 3.37. The number of carbonyl (C=O) groups is 2. The summed E-state index contributed by atoms with van der Waals surface area (Å²) in [6.45, 7) is 1.22. The van der Waals surface area contributed by atoms with E-state index < -0.39 is 24.0 Å². The van der Waals surface area contributed by atoms with E-state index in [1.807, 2.05) is 0 Å². The Morgan fingerprint density at radius 3 is 2.58 bits per heavy atom. The number of nitrogens with one attached hydrogen (secondary N) is 1. The monoisotopic (exact) mass is 366 g/mol. The van der Waals surface area contributed by atoms with Crippen molar-refractivity contribution in [2.45, 2.75) is 25.3 Å². The average molecular weight is 367 g/mol. The highest BCUT2D eigenvalue weighted by Gasteiger charge is 2.43. The predicted molar refractivity (Wildman–Crippen MR) is 91.3 cm³/mol. The van der Waals surface area contributed by atoms with Crippen LogP contribution in [0.3, 0.4) is 0 Å². The Hall–Kier alpha value is -2.03. The zero-order valence-corrected chi connectivity index (χ0v) is 14.5. The predicted octanol–water partition coefficient (Wildman–Crippen LogP) is 3.36. The molecule has 5 nitrogen and oxygen atoms in total. The van der Waals surface area contributed by atoms with Gasteiger partial charge in [-0.1, -0.05) is 29.3 Å². The topological polar surface area (TPSA) is 79.2 Å². The third-order valence-corrected chi connectivity index (χ3v) is 4.42. The molecule has 1 aliphatic rings. The molecule has 0 unspecified atom stereocenters. The largest absolute Gasteiger partial charge is 0.452 e. The first-order valence-electron chi connectivity index (χ1n) is 7.37. The second-order valence-electron chi connectivity index (χ2n) is 5.71. The van der Waals surface area contributed by atoms with Gasteiger partial charge in [0.1, 0.15) is 5.54 Å². The zero-order valence-electron chi connectivity index (χ0n) is 13.0. The summed E-state index contributed by atoms with van der Waals surface area (Å²) in [6, 6.07) is 7.08. The molecule has 1 atom stereocenters. The molecular weight excluding hydrogens is 351 g/mol. The van der Waals surface area contributed by atoms with Crippen LogP contribution < -0.4 is 5.32 Å². The SMILES string of the molecule is C[C@@](C#N)(NC(=O)COC(=O)/C=C/c1c(Cl)cccc1Cl)C1CC1. The van der Waals surface area contributed by atoms with Crippen LogP contribution in [0.5, 0.6) is 0 Å². The molecule has 1 aromatic carbocycles. The van der Waals surface area contributed by atoms with Crippen LogP contribution in [0.1, 0.15) is 25.3 Å². The number of hydrogen-bond acceptors (Lipinski definition) is 4. The summed E-state index contributed by atoms with van der Waals surface area (Å²) in [6.07, 6.45) is 4.39. The number of hydrogen-bond donors (Lipinski definition) is 1. The van der Waals surface area contributed by atoms with Crippen molar-refractivity contribution >= 4 is 41.2 Å². The molecule has 2 rings (SSSR count). The number of esters is 1. The number of benzene rings is 1. The van der Waals surface area contributed by atoms with Crippen molar-refractivity contribution in [2.75, 3.05) is 6.61 Å². The van der Waals surface area contributed by atoms with Crippen LogP contribution in [-0.4, -0.2) is 24.0 Å². The summed E-state index contributed by atoms with van der Waals surface area (Å²) in [5, 5.41) is 12.6. The molecule has 0 radical (unpaired) electrons. The summed E-state index contributed by atoms with van der Waals surface area (Å²) >= 11 is 12.0. The molecule has 1 fully saturated rings. The Morgan fingerprint density at radius 2 is 2.04 bits per heavy atom. The minimum Gasteiger partial charge on any atom is -0.452 e. The third kappa shape index (κ3) is 4.73. The van der Waals surface area contributed by atoms with Gasteiger partial charge >= 0.3 is 5.97 Å². The van der Waals surface area contributed by atoms with Gasteiger partial charge in [-0.25, -0.2) is 4.79 Å². The van der Waals surface area contributed by atoms with Crippen LogP contribution in [0.4, 0.5) is 0 Å². The lowest BCUT2D eigenvalue weighted by molar-refractivity contribution is -0.144. The van der Waals surface area contributed by atoms with Crippen LogP contribution in [0, 0.1) is 17.2 Å². The molecule has 1 N–H and O–H groups in total. The maximum Gasteiger partial charge on any atom is 0.331 e. The van der Waals surface area contributed by atoms with Crippen LogP contribution in [0.15, 0.2) is 24.3 Å². The first-order valence-corrected chi connectivity index (χ1v) is 8.12. The van der Waals surface area contributed by atoms with Gasteiger partial charge in [0.05, 0.1) is 6.07 Å². The Bertz CT molecular complexity index is 703. The van der Waals surface area contributed by atoms with E-state index in [4.69, 9.17) is 27.9 Å². The number of carbonyl (C=O) groups excluding carboxylic acids is 2. The number of ether oxygens (including phenoxy) is 1. The Labute approximate surface area is 150 Å². The van der Waals surface area contributed by atoms with E-state index in [1.165, 1.54) is 6.08 Å². The Kier molecular flexibility index (Phi) is 5.87. The summed E-state index contributed by atoms with van der Waals surface area (Å²) in [7, 11) is 0. The number of amides is 1. The van der Waals surface area contributed by atoms with Crippen molar-refractivity contribution in [2.24, 2.45) is 5.92 Å². The molecule has 24 heavy (non-hydrogen) atoms. The van der Waals surface area contributed by atoms with Gasteiger partial charge in [-0.05, 0) is 43.9 Å². The summed E-state index contributed by atoms with van der Waals surface area (Å²) in [4.78, 5) is 23.5. The summed E-state index contributed by atoms with van der Waals surface area (Å²) in [5.41, 5.74) is -0.419. The van der Waals surface area contributed by atoms with Gasteiger partial charge < -0.3 is 10.1 Å². The lowest BCUT2D eigenvalue weighted by atomic mass is 9.98. The van der Waals surface area contributed by atoms with E-state index in [1.54, 1.807) is 25.1 Å². The number of nitriles is 1. The number of rotatable bonds is 6. The summed E-state index contributed by atoms with van der Waals surface area (Å²) in [5.74, 6) is -1.06. The lowest BCUT2D eigenvalue weighted by Crippen LogP contribution is -2.48. The molecule has 0 bridgehead atoms. The molecule has 7 heteroatoms. The highest BCUT2D eigenvalue weighted by Crippen LogP contribution is 2.39. The Balaban J connectivity index is 1.86. The second kappa shape index (κ2) is 7.69. The smallest absolute Gasteiger partial charge is 0.331 e. The van der Waals surface area contributed by atoms with Gasteiger partial charge in [0, 0.05) is 21.7 Å². The molecule has 1 amide bonds. The third-order valence-electron chi connectivity index (χ3n) is 3.76. The van der Waals surface area contributed by atoms with Crippen molar-refractivity contribution < 1.29 is 14.3 Å². The van der Waals surface area contributed by atoms with Crippen LogP contribution in [-0.2, 0) is 14.3 Å². The molecule has 0 spiro atoms. The zero-order chi connectivity index (χ0) is 17.7. The van der Waals surface area contributed by atoms with E-state index in [2.05, 4.69) is 11.4 Å². The minimum absolute atomic E-state index is 0.157. The molecule has 0 heterocycles. The van der Waals surface area contributed by atoms with E-state index in [0.717, 1.165) is 18.9 Å². The van der Waals surface area contributed by atoms with Gasteiger partial charge in [0.25, 0.3) is 5.91 Å². The molecule has 1 aliphatic carbocycles. The first kappa shape index (κ1) is 18.3. The molecule has 0 aliphatic heterocycles. The Morgan fingerprint density at radius 1 is 1.42 bits per heavy atom. The molecule has 0 aromatic heterocycles. The highest BCUT2D eigenvalue weighted by molar-refractivity contribution is 6.37. The fraction of sp³-hybridized carbons (Fsp3) is 0.353. The summed E-state index contributed by atoms with van der Waals surface area (Å²) < 4.78 is 4.86. The van der Waals surface area contributed by atoms with Crippen LogP contribution in [0.2, 0.25) is 10.0 Å². The van der Waals surface area contributed by atoms with Crippen molar-refractivity contribution in [3.8, 4) is 6.07 Å². The quantitative estimate of drug-likeness (QED) is 0.618. The van der Waals surface area contributed by atoms with E-state index in [0.29, 0.717) is 15.6 Å². The van der Waals surface area contributed by atoms with Gasteiger partial charge in [-0.2, -0.15) is 5.26 Å². The van der Waals surface area contributed by atoms with E-state index >= 15 is 0 Å². The standard InChI is InChI=1S/C17H16Cl2N2O3/c1-17(10-20,11-5-6-11)21-15(22)9-24-16(23)8-7-12-13(18)3-2-4-14(12)19/h2-4,7-8,11H,5-6,9H2,1H3,(H,21,22)/b8-7+/t17-/m0/s1. The van der Waals surface area contributed by atoms with Gasteiger partial charge in [0.2, 0.25) is 0 Å². The molecular formula is C17H16Cl2N2O3. The molecule has 0 saturated heterocycles. The second-order valence-corrected chi connectivity index (χ2v) is 6.53. The number of halogens is 2. The van der Waals surface area contributed by atoms with Crippen LogP contribution >= 0.6 is 23.2 Å². The van der Waals surface area contributed by atoms with Crippen LogP contribution in [0.25, 0.3) is 6.08 Å². The van der Waals surface area contributed by atoms with Crippen molar-refractivity contribution in [3.63, 3.8) is 0 Å². The normalized spacial score (nSPS) is 16.2. The van der Waals surface area contributed by atoms with Crippen molar-refractivity contribution in [3.05, 3.63) is 39.9 Å². The van der Waals surface area contributed by atoms with Gasteiger partial charge in [-0.3, -0.25) is 4.79 Å². The fourth-order valence-corrected chi connectivity index (χ4v) is 2.74. The highest BCUT2D eigenvalue weighted by atomic mass is 35.5.